The molecule has 6 rings (SSSR count). The number of piperazine rings is 1. The number of hydrogen-bond acceptors (Lipinski definition) is 7. The van der Waals surface area contributed by atoms with Crippen LogP contribution in [0.3, 0.4) is 0 Å². The van der Waals surface area contributed by atoms with Crippen LogP contribution in [0, 0.1) is 6.92 Å². The second kappa shape index (κ2) is 6.47. The van der Waals surface area contributed by atoms with Crippen molar-refractivity contribution in [3.05, 3.63) is 54.0 Å². The number of alkyl halides is 3. The molecule has 0 radical (unpaired) electrons. The van der Waals surface area contributed by atoms with Crippen LogP contribution in [0.5, 0.6) is 0 Å². The van der Waals surface area contributed by atoms with Crippen LogP contribution < -0.4 is 4.90 Å². The Balaban J connectivity index is 1.27. The lowest BCUT2D eigenvalue weighted by Crippen LogP contribution is -2.43. The quantitative estimate of drug-likeness (QED) is 0.573. The molecule has 0 spiro atoms. The van der Waals surface area contributed by atoms with E-state index in [0.29, 0.717) is 17.2 Å². The smallest absolute Gasteiger partial charge is 0.341 e. The molecule has 3 fully saturated rings. The number of pyridine rings is 1. The van der Waals surface area contributed by atoms with Crippen LogP contribution in [-0.4, -0.2) is 64.9 Å². The fraction of sp³-hybridized carbons (Fsp3) is 0.400. The van der Waals surface area contributed by atoms with Crippen molar-refractivity contribution in [3.63, 3.8) is 0 Å². The van der Waals surface area contributed by atoms with Gasteiger partial charge < -0.3 is 9.80 Å². The summed E-state index contributed by atoms with van der Waals surface area (Å²) >= 11 is 0. The van der Waals surface area contributed by atoms with Gasteiger partial charge >= 0.3 is 6.18 Å². The van der Waals surface area contributed by atoms with Gasteiger partial charge in [0.2, 0.25) is 0 Å². The molecule has 4 unspecified atom stereocenters. The lowest BCUT2D eigenvalue weighted by atomic mass is 10.0. The fourth-order valence-electron chi connectivity index (χ4n) is 5.25. The summed E-state index contributed by atoms with van der Waals surface area (Å²) in [6.07, 6.45) is 3.72. The van der Waals surface area contributed by atoms with Crippen LogP contribution in [0.4, 0.5) is 19.0 Å². The highest BCUT2D eigenvalue weighted by molar-refractivity contribution is 5.97. The van der Waals surface area contributed by atoms with Crippen LogP contribution in [0.25, 0.3) is 5.69 Å². The number of hydrogen-bond donors (Lipinski definition) is 0. The van der Waals surface area contributed by atoms with Gasteiger partial charge in [-0.25, -0.2) is 15.0 Å². The van der Waals surface area contributed by atoms with Gasteiger partial charge in [0.15, 0.2) is 11.4 Å². The number of fused-ring (bicyclic) bond motifs is 5. The molecule has 32 heavy (non-hydrogen) atoms. The Morgan fingerprint density at radius 3 is 2.28 bits per heavy atom. The first-order chi connectivity index (χ1) is 15.4. The number of aromatic nitrogens is 6. The molecule has 0 saturated carbocycles. The highest BCUT2D eigenvalue weighted by Crippen LogP contribution is 2.54. The highest BCUT2D eigenvalue weighted by Gasteiger charge is 2.69. The molecule has 6 heterocycles. The van der Waals surface area contributed by atoms with E-state index < -0.39 is 11.9 Å². The average molecular weight is 442 g/mol. The van der Waals surface area contributed by atoms with Crippen LogP contribution in [0.15, 0.2) is 37.1 Å². The number of anilines is 1. The summed E-state index contributed by atoms with van der Waals surface area (Å²) < 4.78 is 38.4. The first kappa shape index (κ1) is 19.1. The Labute approximate surface area is 179 Å². The number of aryl methyl sites for hydroxylation is 1. The maximum absolute atomic E-state index is 13.6. The molecule has 3 aromatic heterocycles. The second-order valence-corrected chi connectivity index (χ2v) is 8.21. The fourth-order valence-corrected chi connectivity index (χ4v) is 5.25. The molecule has 0 aliphatic carbocycles. The minimum Gasteiger partial charge on any atom is -0.341 e. The Hall–Kier alpha value is -3.57. The van der Waals surface area contributed by atoms with Crippen molar-refractivity contribution in [2.45, 2.75) is 50.1 Å². The van der Waals surface area contributed by atoms with Crippen LogP contribution >= 0.6 is 0 Å². The van der Waals surface area contributed by atoms with Crippen molar-refractivity contribution in [2.24, 2.45) is 0 Å². The van der Waals surface area contributed by atoms with Gasteiger partial charge in [-0.05, 0) is 31.4 Å². The Morgan fingerprint density at radius 1 is 1.00 bits per heavy atom. The van der Waals surface area contributed by atoms with E-state index >= 15 is 0 Å². The largest absolute Gasteiger partial charge is 0.434 e. The minimum absolute atomic E-state index is 0.0276. The summed E-state index contributed by atoms with van der Waals surface area (Å²) in [5.74, 6) is 0.228. The number of rotatable bonds is 3. The first-order valence-electron chi connectivity index (χ1n) is 10.2. The minimum atomic E-state index is -4.52. The monoisotopic (exact) mass is 442 g/mol. The summed E-state index contributed by atoms with van der Waals surface area (Å²) in [5, 5.41) is 8.32. The Bertz CT molecular complexity index is 1180. The van der Waals surface area contributed by atoms with Crippen molar-refractivity contribution in [2.75, 3.05) is 4.90 Å². The van der Waals surface area contributed by atoms with Crippen molar-refractivity contribution in [1.29, 1.82) is 0 Å². The SMILES string of the molecule is Cc1ccnc(C(=O)N2C3CCC2C2C3N2c2cnc(C(F)(F)F)cn2)c1-n1nccn1. The molecule has 1 amide bonds. The maximum atomic E-state index is 13.6. The highest BCUT2D eigenvalue weighted by atomic mass is 19.4. The third kappa shape index (κ3) is 2.64. The summed E-state index contributed by atoms with van der Waals surface area (Å²) in [5.41, 5.74) is 0.657. The molecule has 3 saturated heterocycles. The van der Waals surface area contributed by atoms with Gasteiger partial charge in [-0.15, -0.1) is 4.80 Å². The predicted octanol–water partition coefficient (Wildman–Crippen LogP) is 2.02. The predicted molar refractivity (Wildman–Crippen MR) is 104 cm³/mol. The zero-order valence-corrected chi connectivity index (χ0v) is 16.8. The van der Waals surface area contributed by atoms with Crippen molar-refractivity contribution in [1.82, 2.24) is 34.8 Å². The molecule has 3 aromatic rings. The molecular formula is C20H17F3N8O. The van der Waals surface area contributed by atoms with E-state index in [2.05, 4.69) is 25.1 Å². The Morgan fingerprint density at radius 2 is 1.69 bits per heavy atom. The molecule has 12 heteroatoms. The molecule has 2 bridgehead atoms. The van der Waals surface area contributed by atoms with E-state index in [-0.39, 0.29) is 30.1 Å². The normalized spacial score (nSPS) is 25.9. The topological polar surface area (TPSA) is 92.7 Å². The molecule has 0 N–H and O–H groups in total. The standard InChI is InChI=1S/C20H17F3N8O/c1-10-4-5-24-15(16(10)31-27-6-7-28-31)19(32)29-11-2-3-12(29)18-17(11)30(18)14-9-25-13(8-26-14)20(21,22)23/h4-9,11-12,17-18H,2-3H2,1H3. The molecule has 9 nitrogen and oxygen atoms in total. The average Bonchev–Trinajstić information content (AvgIpc) is 3.11. The second-order valence-electron chi connectivity index (χ2n) is 8.21. The van der Waals surface area contributed by atoms with Crippen molar-refractivity contribution < 1.29 is 18.0 Å². The van der Waals surface area contributed by atoms with Gasteiger partial charge in [-0.3, -0.25) is 4.79 Å². The van der Waals surface area contributed by atoms with Gasteiger partial charge in [-0.2, -0.15) is 23.4 Å². The summed E-state index contributed by atoms with van der Waals surface area (Å²) in [6.45, 7) is 1.87. The number of halogens is 3. The van der Waals surface area contributed by atoms with E-state index in [0.717, 1.165) is 30.8 Å². The van der Waals surface area contributed by atoms with Crippen molar-refractivity contribution >= 4 is 11.7 Å². The summed E-state index contributed by atoms with van der Waals surface area (Å²) in [6, 6.07) is 1.75. The molecule has 4 atom stereocenters. The Kier molecular flexibility index (Phi) is 3.87. The molecular weight excluding hydrogens is 425 g/mol. The van der Waals surface area contributed by atoms with E-state index in [1.807, 2.05) is 16.7 Å². The van der Waals surface area contributed by atoms with Gasteiger partial charge in [0.1, 0.15) is 11.5 Å². The van der Waals surface area contributed by atoms with Gasteiger partial charge in [0.25, 0.3) is 5.91 Å². The zero-order valence-electron chi connectivity index (χ0n) is 16.8. The maximum Gasteiger partial charge on any atom is 0.434 e. The number of carbonyl (C=O) groups excluding carboxylic acids is 1. The van der Waals surface area contributed by atoms with Gasteiger partial charge in [-0.1, -0.05) is 0 Å². The van der Waals surface area contributed by atoms with Gasteiger partial charge in [0, 0.05) is 6.20 Å². The molecule has 164 valence electrons. The molecule has 3 aliphatic heterocycles. The van der Waals surface area contributed by atoms with Crippen LogP contribution in [-0.2, 0) is 6.18 Å². The molecule has 3 aliphatic rings. The zero-order chi connectivity index (χ0) is 22.2. The van der Waals surface area contributed by atoms with Crippen LogP contribution in [0.1, 0.15) is 34.6 Å². The molecule has 0 aromatic carbocycles. The third-order valence-corrected chi connectivity index (χ3v) is 6.54. The first-order valence-corrected chi connectivity index (χ1v) is 10.2. The lowest BCUT2D eigenvalue weighted by molar-refractivity contribution is -0.141. The number of nitrogens with zero attached hydrogens (tertiary/aromatic N) is 8. The van der Waals surface area contributed by atoms with E-state index in [1.54, 1.807) is 24.7 Å². The number of carbonyl (C=O) groups is 1. The van der Waals surface area contributed by atoms with Gasteiger partial charge in [0.05, 0.1) is 49.0 Å². The van der Waals surface area contributed by atoms with Crippen LogP contribution in [0.2, 0.25) is 0 Å². The summed E-state index contributed by atoms with van der Waals surface area (Å²) in [4.78, 5) is 30.7. The van der Waals surface area contributed by atoms with E-state index in [1.165, 1.54) is 4.80 Å². The van der Waals surface area contributed by atoms with E-state index in [9.17, 15) is 18.0 Å². The van der Waals surface area contributed by atoms with Crippen molar-refractivity contribution in [3.8, 4) is 5.69 Å². The number of amides is 1. The lowest BCUT2D eigenvalue weighted by Gasteiger charge is -2.28. The summed E-state index contributed by atoms with van der Waals surface area (Å²) in [7, 11) is 0. The third-order valence-electron chi connectivity index (χ3n) is 6.54. The van der Waals surface area contributed by atoms with E-state index in [4.69, 9.17) is 0 Å².